The van der Waals surface area contributed by atoms with Gasteiger partial charge >= 0.3 is 11.9 Å². The van der Waals surface area contributed by atoms with Crippen molar-refractivity contribution in [2.45, 2.75) is 0 Å². The van der Waals surface area contributed by atoms with Crippen molar-refractivity contribution in [2.75, 3.05) is 25.2 Å². The molecule has 1 unspecified atom stereocenters. The Labute approximate surface area is 185 Å². The molecule has 154 valence electrons. The molecule has 1 aromatic heterocycles. The van der Waals surface area contributed by atoms with Crippen LogP contribution in [0, 0.1) is 17.8 Å². The molecular formula is C24H19ClN3O3+. The number of rotatable bonds is 4. The van der Waals surface area contributed by atoms with Crippen molar-refractivity contribution in [3.63, 3.8) is 0 Å². The van der Waals surface area contributed by atoms with E-state index in [0.717, 1.165) is 10.5 Å². The lowest BCUT2D eigenvalue weighted by molar-refractivity contribution is -0.432. The predicted octanol–water partition coefficient (Wildman–Crippen LogP) is 3.44. The van der Waals surface area contributed by atoms with Crippen LogP contribution in [0.1, 0.15) is 11.1 Å². The fraction of sp³-hybridized carbons (Fsp3) is 0.167. The Bertz CT molecular complexity index is 1190. The van der Waals surface area contributed by atoms with Crippen LogP contribution in [0.2, 0.25) is 5.02 Å². The molecule has 1 aromatic carbocycles. The van der Waals surface area contributed by atoms with Gasteiger partial charge in [0.15, 0.2) is 0 Å². The summed E-state index contributed by atoms with van der Waals surface area (Å²) in [6.45, 7) is 0.637. The van der Waals surface area contributed by atoms with Gasteiger partial charge in [-0.15, -0.1) is 4.90 Å². The summed E-state index contributed by atoms with van der Waals surface area (Å²) in [4.78, 5) is 31.7. The SMILES string of the molecule is COCC[N+]1=C2C=CC=CC2C(=O)N(c2ncc(C#Cc3ccccc3)cc2Cl)C1=O. The normalized spacial score (nSPS) is 17.5. The third-order valence-electron chi connectivity index (χ3n) is 4.90. The maximum absolute atomic E-state index is 13.2. The zero-order chi connectivity index (χ0) is 21.8. The molecule has 0 fully saturated rings. The van der Waals surface area contributed by atoms with Crippen LogP contribution in [-0.2, 0) is 9.53 Å². The number of hydrogen-bond acceptors (Lipinski definition) is 4. The van der Waals surface area contributed by atoms with Gasteiger partial charge in [0.2, 0.25) is 0 Å². The van der Waals surface area contributed by atoms with E-state index >= 15 is 0 Å². The lowest BCUT2D eigenvalue weighted by Gasteiger charge is -2.26. The Morgan fingerprint density at radius 2 is 1.94 bits per heavy atom. The molecule has 4 rings (SSSR count). The van der Waals surface area contributed by atoms with Crippen LogP contribution in [-0.4, -0.2) is 47.5 Å². The van der Waals surface area contributed by atoms with Crippen LogP contribution in [0.25, 0.3) is 0 Å². The molecule has 0 bridgehead atoms. The van der Waals surface area contributed by atoms with E-state index in [1.807, 2.05) is 30.3 Å². The van der Waals surface area contributed by atoms with E-state index < -0.39 is 17.9 Å². The monoisotopic (exact) mass is 432 g/mol. The number of amides is 3. The minimum atomic E-state index is -0.588. The molecule has 31 heavy (non-hydrogen) atoms. The lowest BCUT2D eigenvalue weighted by Crippen LogP contribution is -2.55. The molecule has 7 heteroatoms. The molecule has 0 N–H and O–H groups in total. The third-order valence-corrected chi connectivity index (χ3v) is 5.18. The molecule has 1 aliphatic heterocycles. The van der Waals surface area contributed by atoms with Crippen LogP contribution in [0.5, 0.6) is 0 Å². The molecule has 0 spiro atoms. The van der Waals surface area contributed by atoms with Gasteiger partial charge in [0.05, 0.1) is 6.61 Å². The van der Waals surface area contributed by atoms with Crippen LogP contribution < -0.4 is 4.90 Å². The second-order valence-electron chi connectivity index (χ2n) is 6.89. The Morgan fingerprint density at radius 3 is 2.68 bits per heavy atom. The molecule has 6 nitrogen and oxygen atoms in total. The number of nitrogens with zero attached hydrogens (tertiary/aromatic N) is 3. The van der Waals surface area contributed by atoms with Crippen LogP contribution in [0.4, 0.5) is 10.6 Å². The number of benzene rings is 1. The Morgan fingerprint density at radius 1 is 1.16 bits per heavy atom. The summed E-state index contributed by atoms with van der Waals surface area (Å²) in [7, 11) is 1.56. The van der Waals surface area contributed by atoms with Crippen molar-refractivity contribution in [3.05, 3.63) is 83.0 Å². The van der Waals surface area contributed by atoms with E-state index in [1.165, 1.54) is 10.8 Å². The van der Waals surface area contributed by atoms with E-state index in [-0.39, 0.29) is 10.8 Å². The van der Waals surface area contributed by atoms with Gasteiger partial charge in [-0.05, 0) is 24.3 Å². The number of pyridine rings is 1. The van der Waals surface area contributed by atoms with Gasteiger partial charge in [-0.25, -0.2) is 9.78 Å². The zero-order valence-corrected chi connectivity index (χ0v) is 17.5. The number of urea groups is 1. The summed E-state index contributed by atoms with van der Waals surface area (Å²) in [5.41, 5.74) is 2.06. The third kappa shape index (κ3) is 4.19. The number of hydrogen-bond donors (Lipinski definition) is 0. The molecule has 2 heterocycles. The van der Waals surface area contributed by atoms with Crippen molar-refractivity contribution < 1.29 is 18.9 Å². The van der Waals surface area contributed by atoms with Gasteiger partial charge in [-0.1, -0.05) is 59.9 Å². The molecule has 2 aromatic rings. The summed E-state index contributed by atoms with van der Waals surface area (Å²) in [5, 5.41) is 0.173. The number of anilines is 1. The van der Waals surface area contributed by atoms with Gasteiger partial charge in [0, 0.05) is 24.4 Å². The number of halogens is 1. The first kappa shape index (κ1) is 20.7. The summed E-state index contributed by atoms with van der Waals surface area (Å²) >= 11 is 6.44. The predicted molar refractivity (Wildman–Crippen MR) is 118 cm³/mol. The fourth-order valence-corrected chi connectivity index (χ4v) is 3.65. The molecule has 3 amide bonds. The molecule has 0 saturated carbocycles. The highest BCUT2D eigenvalue weighted by atomic mass is 35.5. The average Bonchev–Trinajstić information content (AvgIpc) is 2.79. The van der Waals surface area contributed by atoms with Crippen molar-refractivity contribution in [3.8, 4) is 11.8 Å². The van der Waals surface area contributed by atoms with Gasteiger partial charge in [0.1, 0.15) is 23.2 Å². The molecule has 1 atom stereocenters. The number of methoxy groups -OCH3 is 1. The highest BCUT2D eigenvalue weighted by Gasteiger charge is 2.49. The minimum Gasteiger partial charge on any atom is -0.381 e. The number of carbonyl (C=O) groups excluding carboxylic acids is 2. The zero-order valence-electron chi connectivity index (χ0n) is 16.8. The van der Waals surface area contributed by atoms with E-state index in [9.17, 15) is 9.59 Å². The number of aromatic nitrogens is 1. The first-order valence-electron chi connectivity index (χ1n) is 9.69. The number of imide groups is 1. The van der Waals surface area contributed by atoms with Crippen LogP contribution in [0.3, 0.4) is 0 Å². The molecule has 2 aliphatic rings. The van der Waals surface area contributed by atoms with Gasteiger partial charge in [0.25, 0.3) is 5.82 Å². The number of allylic oxidation sites excluding steroid dienone is 3. The quantitative estimate of drug-likeness (QED) is 0.548. The fourth-order valence-electron chi connectivity index (χ4n) is 3.39. The molecule has 0 radical (unpaired) electrons. The lowest BCUT2D eigenvalue weighted by atomic mass is 9.94. The largest absolute Gasteiger partial charge is 0.507 e. The topological polar surface area (TPSA) is 62.5 Å². The second kappa shape index (κ2) is 9.09. The maximum atomic E-state index is 13.2. The highest BCUT2D eigenvalue weighted by Crippen LogP contribution is 2.29. The second-order valence-corrected chi connectivity index (χ2v) is 7.30. The maximum Gasteiger partial charge on any atom is 0.507 e. The number of fused-ring (bicyclic) bond motifs is 1. The Balaban J connectivity index is 1.69. The summed E-state index contributed by atoms with van der Waals surface area (Å²) in [6.07, 6.45) is 8.61. The van der Waals surface area contributed by atoms with Crippen molar-refractivity contribution >= 4 is 35.1 Å². The van der Waals surface area contributed by atoms with Gasteiger partial charge in [-0.3, -0.25) is 0 Å². The van der Waals surface area contributed by atoms with Crippen LogP contribution >= 0.6 is 11.6 Å². The molecular weight excluding hydrogens is 414 g/mol. The Hall–Kier alpha value is -3.53. The minimum absolute atomic E-state index is 0.0892. The standard InChI is InChI=1S/C24H19ClN3O3/c1-31-14-13-27-21-10-6-5-9-19(21)23(29)28(24(27)30)22-20(25)15-18(16-26-22)12-11-17-7-3-2-4-8-17/h2-10,15-16,19H,13-14H2,1H3/q+1. The van der Waals surface area contributed by atoms with E-state index in [0.29, 0.717) is 24.4 Å². The van der Waals surface area contributed by atoms with Crippen LogP contribution in [0.15, 0.2) is 66.9 Å². The number of ether oxygens (including phenoxy) is 1. The summed E-state index contributed by atoms with van der Waals surface area (Å²) in [6, 6.07) is 10.6. The van der Waals surface area contributed by atoms with Crippen molar-refractivity contribution in [1.82, 2.24) is 4.98 Å². The van der Waals surface area contributed by atoms with Gasteiger partial charge in [-0.2, -0.15) is 9.37 Å². The van der Waals surface area contributed by atoms with Crippen molar-refractivity contribution in [1.29, 1.82) is 0 Å². The molecule has 1 aliphatic carbocycles. The first-order valence-corrected chi connectivity index (χ1v) is 10.1. The van der Waals surface area contributed by atoms with E-state index in [2.05, 4.69) is 16.8 Å². The highest BCUT2D eigenvalue weighted by molar-refractivity contribution is 6.35. The van der Waals surface area contributed by atoms with Crippen molar-refractivity contribution in [2.24, 2.45) is 5.92 Å². The average molecular weight is 433 g/mol. The smallest absolute Gasteiger partial charge is 0.381 e. The number of carbonyl (C=O) groups is 2. The van der Waals surface area contributed by atoms with Gasteiger partial charge < -0.3 is 4.74 Å². The Kier molecular flexibility index (Phi) is 6.08. The first-order chi connectivity index (χ1) is 15.1. The van der Waals surface area contributed by atoms with E-state index in [1.54, 1.807) is 37.5 Å². The summed E-state index contributed by atoms with van der Waals surface area (Å²) in [5.74, 6) is 5.14. The molecule has 0 saturated heterocycles. The summed E-state index contributed by atoms with van der Waals surface area (Å²) < 4.78 is 6.66. The van der Waals surface area contributed by atoms with E-state index in [4.69, 9.17) is 16.3 Å².